The van der Waals surface area contributed by atoms with Gasteiger partial charge in [0.2, 0.25) is 0 Å². The minimum Gasteiger partial charge on any atom is -0.462 e. The average molecular weight is 835 g/mol. The first-order valence-electron chi connectivity index (χ1n) is 26.2. The van der Waals surface area contributed by atoms with Crippen LogP contribution in [0.1, 0.15) is 286 Å². The zero-order chi connectivity index (χ0) is 43.4. The van der Waals surface area contributed by atoms with Crippen LogP contribution in [-0.2, 0) is 28.6 Å². The molecule has 2 unspecified atom stereocenters. The maximum Gasteiger partial charge on any atom is 0.306 e. The Bertz CT molecular complexity index is 918. The average Bonchev–Trinajstić information content (AvgIpc) is 3.22. The van der Waals surface area contributed by atoms with Gasteiger partial charge in [0.05, 0.1) is 0 Å². The van der Waals surface area contributed by atoms with E-state index in [1.54, 1.807) is 0 Å². The highest BCUT2D eigenvalue weighted by atomic mass is 16.6. The molecule has 0 aromatic rings. The molecule has 0 N–H and O–H groups in total. The normalized spacial score (nSPS) is 13.1. The lowest BCUT2D eigenvalue weighted by molar-refractivity contribution is -0.167. The number of hydrogen-bond donors (Lipinski definition) is 0. The van der Waals surface area contributed by atoms with E-state index in [-0.39, 0.29) is 31.1 Å². The van der Waals surface area contributed by atoms with Crippen molar-refractivity contribution in [1.82, 2.24) is 0 Å². The van der Waals surface area contributed by atoms with Gasteiger partial charge in [-0.25, -0.2) is 0 Å². The van der Waals surface area contributed by atoms with Crippen molar-refractivity contribution in [3.8, 4) is 0 Å². The molecule has 0 radical (unpaired) electrons. The van der Waals surface area contributed by atoms with Crippen LogP contribution in [0.3, 0.4) is 0 Å². The molecule has 59 heavy (non-hydrogen) atoms. The zero-order valence-corrected chi connectivity index (χ0v) is 40.5. The predicted octanol–water partition coefficient (Wildman–Crippen LogP) is 16.8. The number of carbonyl (C=O) groups is 3. The van der Waals surface area contributed by atoms with E-state index in [2.05, 4.69) is 41.5 Å². The largest absolute Gasteiger partial charge is 0.462 e. The van der Waals surface area contributed by atoms with E-state index in [9.17, 15) is 14.4 Å². The molecule has 0 amide bonds. The molecule has 0 aliphatic rings. The van der Waals surface area contributed by atoms with Gasteiger partial charge in [0.25, 0.3) is 0 Å². The molecule has 0 rings (SSSR count). The van der Waals surface area contributed by atoms with E-state index < -0.39 is 6.10 Å². The molecule has 6 nitrogen and oxygen atoms in total. The summed E-state index contributed by atoms with van der Waals surface area (Å²) in [5.74, 6) is 1.67. The molecule has 6 heteroatoms. The molecule has 0 saturated heterocycles. The third kappa shape index (κ3) is 44.3. The van der Waals surface area contributed by atoms with Crippen LogP contribution in [0.4, 0.5) is 0 Å². The van der Waals surface area contributed by atoms with Crippen molar-refractivity contribution in [3.05, 3.63) is 0 Å². The minimum atomic E-state index is -0.763. The second-order valence-corrected chi connectivity index (χ2v) is 19.1. The number of rotatable bonds is 46. The summed E-state index contributed by atoms with van der Waals surface area (Å²) in [6, 6.07) is 0. The molecule has 0 fully saturated rings. The molecule has 0 saturated carbocycles. The van der Waals surface area contributed by atoms with E-state index in [1.807, 2.05) is 0 Å². The summed E-state index contributed by atoms with van der Waals surface area (Å²) in [7, 11) is 0. The van der Waals surface area contributed by atoms with E-state index >= 15 is 0 Å². The van der Waals surface area contributed by atoms with Gasteiger partial charge in [-0.15, -0.1) is 0 Å². The van der Waals surface area contributed by atoms with Crippen molar-refractivity contribution >= 4 is 17.9 Å². The van der Waals surface area contributed by atoms with Crippen LogP contribution in [0.2, 0.25) is 0 Å². The summed E-state index contributed by atoms with van der Waals surface area (Å²) < 4.78 is 16.8. The van der Waals surface area contributed by atoms with Gasteiger partial charge in [-0.2, -0.15) is 0 Å². The lowest BCUT2D eigenvalue weighted by atomic mass is 9.99. The molecule has 0 aromatic heterocycles. The maximum atomic E-state index is 12.8. The molecule has 0 spiro atoms. The van der Waals surface area contributed by atoms with Gasteiger partial charge in [0, 0.05) is 19.3 Å². The first-order chi connectivity index (χ1) is 28.7. The number of esters is 3. The second kappa shape index (κ2) is 44.5. The first kappa shape index (κ1) is 57.4. The Morgan fingerprint density at radius 3 is 0.881 bits per heavy atom. The van der Waals surface area contributed by atoms with Gasteiger partial charge < -0.3 is 14.2 Å². The molecule has 0 heterocycles. The summed E-state index contributed by atoms with van der Waals surface area (Å²) in [6.45, 7) is 13.7. The van der Waals surface area contributed by atoms with Crippen LogP contribution in [0, 0.1) is 17.8 Å². The Balaban J connectivity index is 4.29. The molecule has 0 aromatic carbocycles. The lowest BCUT2D eigenvalue weighted by Gasteiger charge is -2.18. The summed E-state index contributed by atoms with van der Waals surface area (Å²) in [5.41, 5.74) is 0. The van der Waals surface area contributed by atoms with Gasteiger partial charge in [0.15, 0.2) is 6.10 Å². The van der Waals surface area contributed by atoms with Gasteiger partial charge in [0.1, 0.15) is 13.2 Å². The Morgan fingerprint density at radius 1 is 0.339 bits per heavy atom. The van der Waals surface area contributed by atoms with Gasteiger partial charge >= 0.3 is 17.9 Å². The molecular weight excluding hydrogens is 733 g/mol. The highest BCUT2D eigenvalue weighted by Gasteiger charge is 2.19. The quantitative estimate of drug-likeness (QED) is 0.0345. The number of carbonyl (C=O) groups excluding carboxylic acids is 3. The number of ether oxygens (including phenoxy) is 3. The molecule has 0 bridgehead atoms. The van der Waals surface area contributed by atoms with Crippen molar-refractivity contribution < 1.29 is 28.6 Å². The van der Waals surface area contributed by atoms with E-state index in [4.69, 9.17) is 14.2 Å². The van der Waals surface area contributed by atoms with Crippen LogP contribution in [0.15, 0.2) is 0 Å². The fourth-order valence-corrected chi connectivity index (χ4v) is 7.87. The summed E-state index contributed by atoms with van der Waals surface area (Å²) in [4.78, 5) is 37.9. The highest BCUT2D eigenvalue weighted by molar-refractivity contribution is 5.71. The third-order valence-electron chi connectivity index (χ3n) is 12.6. The Morgan fingerprint density at radius 2 is 0.593 bits per heavy atom. The Kier molecular flexibility index (Phi) is 43.3. The van der Waals surface area contributed by atoms with Crippen molar-refractivity contribution in [2.24, 2.45) is 17.8 Å². The summed E-state index contributed by atoms with van der Waals surface area (Å²) in [6.07, 6.45) is 43.7. The second-order valence-electron chi connectivity index (χ2n) is 19.1. The van der Waals surface area contributed by atoms with Crippen molar-refractivity contribution in [3.63, 3.8) is 0 Å². The molecule has 0 aliphatic carbocycles. The predicted molar refractivity (Wildman–Crippen MR) is 252 cm³/mol. The van der Waals surface area contributed by atoms with Crippen LogP contribution < -0.4 is 0 Å². The summed E-state index contributed by atoms with van der Waals surface area (Å²) in [5, 5.41) is 0. The monoisotopic (exact) mass is 835 g/mol. The Labute approximate surface area is 368 Å². The van der Waals surface area contributed by atoms with Crippen LogP contribution >= 0.6 is 0 Å². The smallest absolute Gasteiger partial charge is 0.306 e. The Hall–Kier alpha value is -1.59. The van der Waals surface area contributed by atoms with E-state index in [0.717, 1.165) is 75.5 Å². The molecule has 0 aliphatic heterocycles. The highest BCUT2D eigenvalue weighted by Crippen LogP contribution is 2.18. The van der Waals surface area contributed by atoms with Crippen LogP contribution in [0.5, 0.6) is 0 Å². The standard InChI is InChI=1S/C53H102O6/c1-7-48(5)40-34-28-22-18-13-11-9-10-12-14-20-24-32-38-44-53(56)59-50(46-58-52(55)43-37-31-26-25-29-35-41-49(6)8-2)45-57-51(54)42-36-30-23-19-16-15-17-21-27-33-39-47(3)4/h47-50H,7-46H2,1-6H3/t48?,49?,50-/m1/s1. The van der Waals surface area contributed by atoms with Crippen molar-refractivity contribution in [1.29, 1.82) is 0 Å². The van der Waals surface area contributed by atoms with Gasteiger partial charge in [-0.3, -0.25) is 14.4 Å². The van der Waals surface area contributed by atoms with Crippen LogP contribution in [0.25, 0.3) is 0 Å². The number of unbranched alkanes of at least 4 members (excludes halogenated alkanes) is 27. The fourth-order valence-electron chi connectivity index (χ4n) is 7.87. The van der Waals surface area contributed by atoms with Crippen LogP contribution in [-0.4, -0.2) is 37.2 Å². The maximum absolute atomic E-state index is 12.8. The van der Waals surface area contributed by atoms with Crippen molar-refractivity contribution in [2.75, 3.05) is 13.2 Å². The topological polar surface area (TPSA) is 78.9 Å². The minimum absolute atomic E-state index is 0.0654. The van der Waals surface area contributed by atoms with Gasteiger partial charge in [-0.05, 0) is 37.0 Å². The van der Waals surface area contributed by atoms with Crippen molar-refractivity contribution in [2.45, 2.75) is 292 Å². The lowest BCUT2D eigenvalue weighted by Crippen LogP contribution is -2.30. The van der Waals surface area contributed by atoms with E-state index in [1.165, 1.54) is 167 Å². The molecule has 3 atom stereocenters. The fraction of sp³-hybridized carbons (Fsp3) is 0.943. The van der Waals surface area contributed by atoms with E-state index in [0.29, 0.717) is 19.3 Å². The molecular formula is C53H102O6. The summed E-state index contributed by atoms with van der Waals surface area (Å²) >= 11 is 0. The zero-order valence-electron chi connectivity index (χ0n) is 40.5. The molecule has 350 valence electrons. The number of hydrogen-bond acceptors (Lipinski definition) is 6. The SMILES string of the molecule is CCC(C)CCCCCCCCCCCCCCCCC(=O)O[C@H](COC(=O)CCCCCCCCCCCCC(C)C)COC(=O)CCCCCCCCC(C)CC. The van der Waals surface area contributed by atoms with Gasteiger partial charge in [-0.1, -0.05) is 247 Å². The third-order valence-corrected chi connectivity index (χ3v) is 12.6. The first-order valence-corrected chi connectivity index (χ1v) is 26.2.